The van der Waals surface area contributed by atoms with Crippen molar-refractivity contribution < 1.29 is 4.79 Å². The summed E-state index contributed by atoms with van der Waals surface area (Å²) in [6.45, 7) is 5.54. The van der Waals surface area contributed by atoms with Gasteiger partial charge >= 0.3 is 0 Å². The van der Waals surface area contributed by atoms with E-state index in [2.05, 4.69) is 65.6 Å². The summed E-state index contributed by atoms with van der Waals surface area (Å²) < 4.78 is 0. The lowest BCUT2D eigenvalue weighted by molar-refractivity contribution is -0.133. The molecule has 202 valence electrons. The zero-order valence-electron chi connectivity index (χ0n) is 23.0. The second kappa shape index (κ2) is 12.8. The van der Waals surface area contributed by atoms with E-state index in [-0.39, 0.29) is 11.8 Å². The van der Waals surface area contributed by atoms with Gasteiger partial charge in [-0.1, -0.05) is 72.8 Å². The fourth-order valence-electron chi connectivity index (χ4n) is 5.21. The van der Waals surface area contributed by atoms with Crippen LogP contribution in [0, 0.1) is 0 Å². The van der Waals surface area contributed by atoms with Crippen molar-refractivity contribution >= 4 is 22.6 Å². The number of carbonyl (C=O) groups excluding carboxylic acids is 1. The quantitative estimate of drug-likeness (QED) is 0.310. The van der Waals surface area contributed by atoms with Crippen molar-refractivity contribution in [1.29, 1.82) is 0 Å². The highest BCUT2D eigenvalue weighted by Crippen LogP contribution is 2.28. The van der Waals surface area contributed by atoms with Crippen LogP contribution >= 0.6 is 0 Å². The molecule has 1 saturated heterocycles. The van der Waals surface area contributed by atoms with E-state index in [0.29, 0.717) is 19.6 Å². The Balaban J connectivity index is 1.25. The summed E-state index contributed by atoms with van der Waals surface area (Å²) in [4.78, 5) is 30.1. The molecule has 0 aliphatic carbocycles. The Hall–Kier alpha value is -3.81. The van der Waals surface area contributed by atoms with Gasteiger partial charge in [-0.2, -0.15) is 0 Å². The Morgan fingerprint density at radius 3 is 2.10 bits per heavy atom. The monoisotopic (exact) mass is 522 g/mol. The number of hydrogen-bond donors (Lipinski definition) is 1. The van der Waals surface area contributed by atoms with Crippen LogP contribution < -0.4 is 5.32 Å². The van der Waals surface area contributed by atoms with Gasteiger partial charge in [-0.25, -0.2) is 9.97 Å². The van der Waals surface area contributed by atoms with E-state index in [1.165, 1.54) is 0 Å². The third-order valence-electron chi connectivity index (χ3n) is 7.29. The Labute approximate surface area is 231 Å². The number of anilines is 1. The number of aromatic nitrogens is 2. The molecule has 1 N–H and O–H groups in total. The SMILES string of the molecule is CN(C)CCCNc1nc(CN2CCN(C(=O)C(c3ccccc3)c3ccccc3)CC2)nc2ccccc12. The second-order valence-electron chi connectivity index (χ2n) is 10.4. The molecule has 4 aromatic rings. The van der Waals surface area contributed by atoms with Crippen molar-refractivity contribution in [2.24, 2.45) is 0 Å². The van der Waals surface area contributed by atoms with Crippen molar-refractivity contribution in [1.82, 2.24) is 24.7 Å². The normalized spacial score (nSPS) is 14.3. The van der Waals surface area contributed by atoms with Gasteiger partial charge < -0.3 is 15.1 Å². The third-order valence-corrected chi connectivity index (χ3v) is 7.29. The molecule has 0 spiro atoms. The zero-order chi connectivity index (χ0) is 27.0. The van der Waals surface area contributed by atoms with Gasteiger partial charge in [-0.3, -0.25) is 9.69 Å². The first-order chi connectivity index (χ1) is 19.1. The third kappa shape index (κ3) is 6.80. The summed E-state index contributed by atoms with van der Waals surface area (Å²) in [7, 11) is 4.18. The van der Waals surface area contributed by atoms with Crippen LogP contribution in [0.3, 0.4) is 0 Å². The number of nitrogens with zero attached hydrogens (tertiary/aromatic N) is 5. The average molecular weight is 523 g/mol. The molecule has 7 heteroatoms. The van der Waals surface area contributed by atoms with Gasteiger partial charge in [0.15, 0.2) is 0 Å². The molecule has 1 fully saturated rings. The van der Waals surface area contributed by atoms with Gasteiger partial charge in [0.1, 0.15) is 11.6 Å². The van der Waals surface area contributed by atoms with Gasteiger partial charge in [0.25, 0.3) is 0 Å². The van der Waals surface area contributed by atoms with Crippen LogP contribution in [0.4, 0.5) is 5.82 Å². The molecule has 5 rings (SSSR count). The van der Waals surface area contributed by atoms with Crippen molar-refractivity contribution in [2.75, 3.05) is 58.7 Å². The predicted octanol–water partition coefficient (Wildman–Crippen LogP) is 4.47. The molecule has 1 aliphatic heterocycles. The van der Waals surface area contributed by atoms with Crippen molar-refractivity contribution in [3.8, 4) is 0 Å². The number of amides is 1. The molecular weight excluding hydrogens is 484 g/mol. The fraction of sp³-hybridized carbons (Fsp3) is 0.344. The van der Waals surface area contributed by atoms with Gasteiger partial charge in [-0.05, 0) is 50.3 Å². The molecule has 3 aromatic carbocycles. The van der Waals surface area contributed by atoms with Gasteiger partial charge in [0.05, 0.1) is 18.0 Å². The van der Waals surface area contributed by atoms with Crippen LogP contribution in [-0.2, 0) is 11.3 Å². The molecular formula is C32H38N6O. The van der Waals surface area contributed by atoms with E-state index < -0.39 is 0 Å². The number of fused-ring (bicyclic) bond motifs is 1. The van der Waals surface area contributed by atoms with Gasteiger partial charge in [0, 0.05) is 38.1 Å². The molecule has 2 heterocycles. The average Bonchev–Trinajstić information content (AvgIpc) is 2.97. The number of para-hydroxylation sites is 1. The lowest BCUT2D eigenvalue weighted by Gasteiger charge is -2.36. The second-order valence-corrected chi connectivity index (χ2v) is 10.4. The molecule has 7 nitrogen and oxygen atoms in total. The van der Waals surface area contributed by atoms with Crippen LogP contribution in [0.25, 0.3) is 10.9 Å². The summed E-state index contributed by atoms with van der Waals surface area (Å²) in [6, 6.07) is 28.4. The van der Waals surface area contributed by atoms with E-state index in [1.54, 1.807) is 0 Å². The molecule has 0 atom stereocenters. The van der Waals surface area contributed by atoms with Crippen molar-refractivity contribution in [2.45, 2.75) is 18.9 Å². The fourth-order valence-corrected chi connectivity index (χ4v) is 5.21. The summed E-state index contributed by atoms with van der Waals surface area (Å²) >= 11 is 0. The van der Waals surface area contributed by atoms with E-state index in [4.69, 9.17) is 9.97 Å². The molecule has 39 heavy (non-hydrogen) atoms. The van der Waals surface area contributed by atoms with E-state index in [0.717, 1.165) is 66.3 Å². The first kappa shape index (κ1) is 26.8. The first-order valence-corrected chi connectivity index (χ1v) is 13.8. The maximum Gasteiger partial charge on any atom is 0.234 e. The number of piperazine rings is 1. The highest BCUT2D eigenvalue weighted by atomic mass is 16.2. The molecule has 1 aromatic heterocycles. The molecule has 0 saturated carbocycles. The highest BCUT2D eigenvalue weighted by Gasteiger charge is 2.30. The van der Waals surface area contributed by atoms with Crippen LogP contribution in [0.5, 0.6) is 0 Å². The predicted molar refractivity (Wildman–Crippen MR) is 158 cm³/mol. The maximum atomic E-state index is 13.8. The minimum absolute atomic E-state index is 0.165. The maximum absolute atomic E-state index is 13.8. The standard InChI is InChI=1S/C32H38N6O/c1-36(2)19-11-18-33-31-27-16-9-10-17-28(27)34-29(35-31)24-37-20-22-38(23-21-37)32(39)30(25-12-5-3-6-13-25)26-14-7-4-8-15-26/h3-10,12-17,30H,11,18-24H2,1-2H3,(H,33,34,35). The summed E-state index contributed by atoms with van der Waals surface area (Å²) in [5.41, 5.74) is 3.03. The molecule has 1 amide bonds. The Morgan fingerprint density at radius 1 is 0.846 bits per heavy atom. The van der Waals surface area contributed by atoms with E-state index in [1.807, 2.05) is 53.4 Å². The Kier molecular flexibility index (Phi) is 8.81. The van der Waals surface area contributed by atoms with Gasteiger partial charge in [0.2, 0.25) is 5.91 Å². The summed E-state index contributed by atoms with van der Waals surface area (Å²) in [6.07, 6.45) is 1.05. The smallest absolute Gasteiger partial charge is 0.234 e. The first-order valence-electron chi connectivity index (χ1n) is 13.8. The Morgan fingerprint density at radius 2 is 1.46 bits per heavy atom. The van der Waals surface area contributed by atoms with Crippen LogP contribution in [0.2, 0.25) is 0 Å². The number of benzene rings is 3. The lowest BCUT2D eigenvalue weighted by Crippen LogP contribution is -2.49. The number of nitrogens with one attached hydrogen (secondary N) is 1. The lowest BCUT2D eigenvalue weighted by atomic mass is 9.90. The number of carbonyl (C=O) groups is 1. The van der Waals surface area contributed by atoms with E-state index in [9.17, 15) is 4.79 Å². The highest BCUT2D eigenvalue weighted by molar-refractivity contribution is 5.89. The molecule has 0 unspecified atom stereocenters. The molecule has 1 aliphatic rings. The minimum Gasteiger partial charge on any atom is -0.369 e. The summed E-state index contributed by atoms with van der Waals surface area (Å²) in [5, 5.41) is 4.59. The number of rotatable bonds is 10. The van der Waals surface area contributed by atoms with Crippen molar-refractivity contribution in [3.63, 3.8) is 0 Å². The van der Waals surface area contributed by atoms with Crippen LogP contribution in [0.15, 0.2) is 84.9 Å². The Bertz CT molecular complexity index is 1310. The summed E-state index contributed by atoms with van der Waals surface area (Å²) in [5.74, 6) is 1.59. The van der Waals surface area contributed by atoms with E-state index >= 15 is 0 Å². The van der Waals surface area contributed by atoms with Crippen LogP contribution in [-0.4, -0.2) is 83.9 Å². The van der Waals surface area contributed by atoms with Gasteiger partial charge in [-0.15, -0.1) is 0 Å². The topological polar surface area (TPSA) is 64.6 Å². The van der Waals surface area contributed by atoms with Crippen LogP contribution in [0.1, 0.15) is 29.3 Å². The molecule has 0 bridgehead atoms. The minimum atomic E-state index is -0.288. The number of hydrogen-bond acceptors (Lipinski definition) is 6. The van der Waals surface area contributed by atoms with Crippen molar-refractivity contribution in [3.05, 3.63) is 102 Å². The molecule has 0 radical (unpaired) electrons. The zero-order valence-corrected chi connectivity index (χ0v) is 23.0. The largest absolute Gasteiger partial charge is 0.369 e.